The van der Waals surface area contributed by atoms with Crippen molar-refractivity contribution in [3.8, 4) is 0 Å². The van der Waals surface area contributed by atoms with Gasteiger partial charge in [0.15, 0.2) is 0 Å². The van der Waals surface area contributed by atoms with E-state index in [1.807, 2.05) is 0 Å². The molecule has 0 aliphatic heterocycles. The lowest BCUT2D eigenvalue weighted by molar-refractivity contribution is -0.138. The molecule has 0 aromatic carbocycles. The van der Waals surface area contributed by atoms with E-state index < -0.39 is 17.9 Å². The first kappa shape index (κ1) is 10.1. The van der Waals surface area contributed by atoms with E-state index in [1.54, 1.807) is 0 Å². The van der Waals surface area contributed by atoms with Gasteiger partial charge in [-0.2, -0.15) is 0 Å². The molecule has 1 unspecified atom stereocenters. The van der Waals surface area contributed by atoms with Crippen molar-refractivity contribution in [3.63, 3.8) is 0 Å². The van der Waals surface area contributed by atoms with Crippen LogP contribution in [0.4, 0.5) is 0 Å². The summed E-state index contributed by atoms with van der Waals surface area (Å²) in [5.41, 5.74) is 0.237. The van der Waals surface area contributed by atoms with Gasteiger partial charge >= 0.3 is 5.97 Å². The quantitative estimate of drug-likeness (QED) is 0.689. The van der Waals surface area contributed by atoms with Gasteiger partial charge in [0.2, 0.25) is 0 Å². The Labute approximate surface area is 80.0 Å². The molecule has 0 saturated heterocycles. The molecule has 0 bridgehead atoms. The highest BCUT2D eigenvalue weighted by Gasteiger charge is 2.15. The molecule has 0 aliphatic rings. The second-order valence-corrected chi connectivity index (χ2v) is 2.66. The summed E-state index contributed by atoms with van der Waals surface area (Å²) in [5, 5.41) is 10.8. The van der Waals surface area contributed by atoms with Gasteiger partial charge in [-0.15, -0.1) is 0 Å². The number of amides is 1. The monoisotopic (exact) mass is 195 g/mol. The van der Waals surface area contributed by atoms with Crippen molar-refractivity contribution < 1.29 is 14.7 Å². The molecule has 1 aromatic heterocycles. The van der Waals surface area contributed by atoms with Crippen LogP contribution in [0.5, 0.6) is 0 Å². The van der Waals surface area contributed by atoms with E-state index in [9.17, 15) is 9.59 Å². The van der Waals surface area contributed by atoms with Gasteiger partial charge in [-0.25, -0.2) is 9.97 Å². The van der Waals surface area contributed by atoms with Crippen LogP contribution in [0.3, 0.4) is 0 Å². The van der Waals surface area contributed by atoms with Gasteiger partial charge in [-0.1, -0.05) is 0 Å². The summed E-state index contributed by atoms with van der Waals surface area (Å²) >= 11 is 0. The van der Waals surface area contributed by atoms with Crippen LogP contribution in [0.15, 0.2) is 18.7 Å². The number of carbonyl (C=O) groups excluding carboxylic acids is 1. The number of nitrogens with one attached hydrogen (secondary N) is 1. The Balaban J connectivity index is 2.64. The fourth-order valence-corrected chi connectivity index (χ4v) is 0.758. The Morgan fingerprint density at radius 2 is 2.00 bits per heavy atom. The Morgan fingerprint density at radius 1 is 1.43 bits per heavy atom. The van der Waals surface area contributed by atoms with Crippen molar-refractivity contribution >= 4 is 11.9 Å². The van der Waals surface area contributed by atoms with Gasteiger partial charge in [-0.3, -0.25) is 9.59 Å². The maximum atomic E-state index is 11.3. The minimum atomic E-state index is -1.09. The summed E-state index contributed by atoms with van der Waals surface area (Å²) in [6.45, 7) is 1.38. The first-order chi connectivity index (χ1) is 6.61. The van der Waals surface area contributed by atoms with Gasteiger partial charge in [0.05, 0.1) is 5.56 Å². The van der Waals surface area contributed by atoms with Crippen molar-refractivity contribution in [3.05, 3.63) is 24.3 Å². The van der Waals surface area contributed by atoms with Gasteiger partial charge in [-0.05, 0) is 6.92 Å². The summed E-state index contributed by atoms with van der Waals surface area (Å²) in [4.78, 5) is 29.0. The topological polar surface area (TPSA) is 92.2 Å². The van der Waals surface area contributed by atoms with Crippen molar-refractivity contribution in [1.29, 1.82) is 0 Å². The average molecular weight is 195 g/mol. The number of hydrogen-bond acceptors (Lipinski definition) is 4. The van der Waals surface area contributed by atoms with E-state index >= 15 is 0 Å². The highest BCUT2D eigenvalue weighted by atomic mass is 16.4. The molecule has 1 atom stereocenters. The third-order valence-electron chi connectivity index (χ3n) is 1.54. The van der Waals surface area contributed by atoms with Gasteiger partial charge in [0.25, 0.3) is 5.91 Å². The van der Waals surface area contributed by atoms with Gasteiger partial charge in [0.1, 0.15) is 12.4 Å². The summed E-state index contributed by atoms with van der Waals surface area (Å²) < 4.78 is 0. The zero-order chi connectivity index (χ0) is 10.6. The molecular weight excluding hydrogens is 186 g/mol. The van der Waals surface area contributed by atoms with Crippen LogP contribution in [0.25, 0.3) is 0 Å². The van der Waals surface area contributed by atoms with E-state index in [2.05, 4.69) is 15.3 Å². The normalized spacial score (nSPS) is 11.8. The predicted molar refractivity (Wildman–Crippen MR) is 46.6 cm³/mol. The van der Waals surface area contributed by atoms with Crippen molar-refractivity contribution in [2.45, 2.75) is 13.0 Å². The van der Waals surface area contributed by atoms with E-state index in [1.165, 1.54) is 25.6 Å². The molecule has 6 nitrogen and oxygen atoms in total. The number of carbonyl (C=O) groups is 2. The minimum absolute atomic E-state index is 0.237. The minimum Gasteiger partial charge on any atom is -0.480 e. The van der Waals surface area contributed by atoms with Gasteiger partial charge < -0.3 is 10.4 Å². The second kappa shape index (κ2) is 4.31. The van der Waals surface area contributed by atoms with Crippen LogP contribution in [0.1, 0.15) is 17.3 Å². The predicted octanol–water partition coefficient (Wildman–Crippen LogP) is -0.320. The van der Waals surface area contributed by atoms with Crippen LogP contribution < -0.4 is 5.32 Å². The molecule has 1 rings (SSSR count). The molecule has 74 valence electrons. The number of nitrogens with zero attached hydrogens (tertiary/aromatic N) is 2. The van der Waals surface area contributed by atoms with E-state index in [-0.39, 0.29) is 5.56 Å². The Bertz CT molecular complexity index is 339. The molecule has 0 radical (unpaired) electrons. The number of rotatable bonds is 3. The number of aromatic nitrogens is 2. The molecule has 0 spiro atoms. The molecule has 2 N–H and O–H groups in total. The van der Waals surface area contributed by atoms with Crippen molar-refractivity contribution in [1.82, 2.24) is 15.3 Å². The fraction of sp³-hybridized carbons (Fsp3) is 0.250. The maximum absolute atomic E-state index is 11.3. The van der Waals surface area contributed by atoms with Crippen LogP contribution in [-0.4, -0.2) is 33.0 Å². The molecular formula is C8H9N3O3. The molecule has 1 amide bonds. The summed E-state index contributed by atoms with van der Waals surface area (Å²) in [6.07, 6.45) is 3.92. The standard InChI is InChI=1S/C8H9N3O3/c1-5(8(13)14)11-7(12)6-2-9-4-10-3-6/h2-5H,1H3,(H,11,12)(H,13,14). The van der Waals surface area contributed by atoms with E-state index in [0.29, 0.717) is 0 Å². The highest BCUT2D eigenvalue weighted by molar-refractivity contribution is 5.95. The average Bonchev–Trinajstić information content (AvgIpc) is 2.19. The lowest BCUT2D eigenvalue weighted by Gasteiger charge is -2.07. The molecule has 0 saturated carbocycles. The summed E-state index contributed by atoms with van der Waals surface area (Å²) in [5.74, 6) is -1.59. The third kappa shape index (κ3) is 2.51. The van der Waals surface area contributed by atoms with Crippen LogP contribution in [0, 0.1) is 0 Å². The number of carboxylic acid groups (broad SMARTS) is 1. The molecule has 14 heavy (non-hydrogen) atoms. The van der Waals surface area contributed by atoms with Crippen molar-refractivity contribution in [2.24, 2.45) is 0 Å². The number of hydrogen-bond donors (Lipinski definition) is 2. The fourth-order valence-electron chi connectivity index (χ4n) is 0.758. The molecule has 1 heterocycles. The van der Waals surface area contributed by atoms with Crippen molar-refractivity contribution in [2.75, 3.05) is 0 Å². The van der Waals surface area contributed by atoms with Crippen LogP contribution in [-0.2, 0) is 4.79 Å². The van der Waals surface area contributed by atoms with Gasteiger partial charge in [0, 0.05) is 12.4 Å². The first-order valence-corrected chi connectivity index (χ1v) is 3.90. The Hall–Kier alpha value is -1.98. The molecule has 6 heteroatoms. The first-order valence-electron chi connectivity index (χ1n) is 3.90. The number of aliphatic carboxylic acids is 1. The largest absolute Gasteiger partial charge is 0.480 e. The van der Waals surface area contributed by atoms with E-state index in [4.69, 9.17) is 5.11 Å². The zero-order valence-electron chi connectivity index (χ0n) is 7.47. The highest BCUT2D eigenvalue weighted by Crippen LogP contribution is 1.93. The van der Waals surface area contributed by atoms with Crippen LogP contribution in [0.2, 0.25) is 0 Å². The smallest absolute Gasteiger partial charge is 0.325 e. The molecule has 0 aliphatic carbocycles. The zero-order valence-corrected chi connectivity index (χ0v) is 7.47. The summed E-state index contributed by atoms with van der Waals surface area (Å²) in [6, 6.07) is -0.928. The Kier molecular flexibility index (Phi) is 3.11. The number of carboxylic acids is 1. The second-order valence-electron chi connectivity index (χ2n) is 2.66. The lowest BCUT2D eigenvalue weighted by Crippen LogP contribution is -2.38. The van der Waals surface area contributed by atoms with Crippen LogP contribution >= 0.6 is 0 Å². The lowest BCUT2D eigenvalue weighted by atomic mass is 10.3. The Morgan fingerprint density at radius 3 is 2.50 bits per heavy atom. The maximum Gasteiger partial charge on any atom is 0.325 e. The molecule has 0 fully saturated rings. The summed E-state index contributed by atoms with van der Waals surface area (Å²) in [7, 11) is 0. The SMILES string of the molecule is CC(NC(=O)c1cncnc1)C(=O)O. The van der Waals surface area contributed by atoms with E-state index in [0.717, 1.165) is 0 Å². The molecule has 1 aromatic rings. The third-order valence-corrected chi connectivity index (χ3v) is 1.54.